The van der Waals surface area contributed by atoms with Gasteiger partial charge in [0.25, 0.3) is 0 Å². The van der Waals surface area contributed by atoms with Crippen molar-refractivity contribution in [1.82, 2.24) is 4.57 Å². The van der Waals surface area contributed by atoms with Crippen LogP contribution in [0.3, 0.4) is 0 Å². The minimum absolute atomic E-state index is 0.135. The highest BCUT2D eigenvalue weighted by molar-refractivity contribution is 5.80. The molecule has 4 heteroatoms. The van der Waals surface area contributed by atoms with Gasteiger partial charge in [-0.25, -0.2) is 0 Å². The molecule has 0 aliphatic heterocycles. The van der Waals surface area contributed by atoms with E-state index in [0.29, 0.717) is 11.1 Å². The van der Waals surface area contributed by atoms with Crippen molar-refractivity contribution in [3.63, 3.8) is 0 Å². The Balaban J connectivity index is 2.63. The van der Waals surface area contributed by atoms with Crippen molar-refractivity contribution in [2.75, 3.05) is 0 Å². The molecule has 1 N–H and O–H groups in total. The van der Waals surface area contributed by atoms with Gasteiger partial charge in [-0.1, -0.05) is 12.1 Å². The zero-order valence-electron chi connectivity index (χ0n) is 7.32. The molecule has 0 amide bonds. The van der Waals surface area contributed by atoms with Gasteiger partial charge in [0.05, 0.1) is 12.1 Å². The zero-order chi connectivity index (χ0) is 10.1. The summed E-state index contributed by atoms with van der Waals surface area (Å²) in [4.78, 5) is 0. The van der Waals surface area contributed by atoms with E-state index in [2.05, 4.69) is 0 Å². The van der Waals surface area contributed by atoms with Crippen molar-refractivity contribution in [1.29, 1.82) is 0 Å². The molecule has 2 rings (SSSR count). The molecule has 0 radical (unpaired) electrons. The average Bonchev–Trinajstić information content (AvgIpc) is 2.59. The van der Waals surface area contributed by atoms with Crippen LogP contribution in [0.5, 0.6) is 0 Å². The molecule has 0 fully saturated rings. The molecule has 1 aromatic carbocycles. The lowest BCUT2D eigenvalue weighted by Crippen LogP contribution is -1.95. The molecule has 0 saturated carbocycles. The number of aliphatic hydroxyl groups is 1. The fourth-order valence-electron chi connectivity index (χ4n) is 1.46. The first-order valence-corrected chi connectivity index (χ1v) is 4.21. The summed E-state index contributed by atoms with van der Waals surface area (Å²) in [7, 11) is 0. The largest absolute Gasteiger partial charge is 0.392 e. The number of benzene rings is 1. The van der Waals surface area contributed by atoms with Crippen LogP contribution < -0.4 is 0 Å². The molecule has 74 valence electrons. The van der Waals surface area contributed by atoms with E-state index in [4.69, 9.17) is 5.11 Å². The van der Waals surface area contributed by atoms with Crippen molar-refractivity contribution >= 4 is 10.9 Å². The second kappa shape index (κ2) is 3.38. The summed E-state index contributed by atoms with van der Waals surface area (Å²) in [6, 6.07) is 6.64. The molecule has 0 aliphatic carbocycles. The van der Waals surface area contributed by atoms with Gasteiger partial charge >= 0.3 is 6.55 Å². The number of alkyl halides is 2. The number of rotatable bonds is 2. The van der Waals surface area contributed by atoms with Crippen molar-refractivity contribution < 1.29 is 13.9 Å². The molecule has 0 saturated heterocycles. The third-order valence-corrected chi connectivity index (χ3v) is 2.18. The van der Waals surface area contributed by atoms with Gasteiger partial charge in [-0.15, -0.1) is 0 Å². The van der Waals surface area contributed by atoms with Crippen LogP contribution in [0.4, 0.5) is 8.78 Å². The summed E-state index contributed by atoms with van der Waals surface area (Å²) in [5.74, 6) is 0. The number of hydrogen-bond donors (Lipinski definition) is 1. The van der Waals surface area contributed by atoms with Crippen LogP contribution in [0.1, 0.15) is 12.1 Å². The third-order valence-electron chi connectivity index (χ3n) is 2.18. The second-order valence-electron chi connectivity index (χ2n) is 3.05. The van der Waals surface area contributed by atoms with Gasteiger partial charge in [0.15, 0.2) is 0 Å². The highest BCUT2D eigenvalue weighted by Crippen LogP contribution is 2.22. The van der Waals surface area contributed by atoms with Gasteiger partial charge in [-0.05, 0) is 23.1 Å². The predicted molar refractivity (Wildman–Crippen MR) is 49.1 cm³/mol. The van der Waals surface area contributed by atoms with Crippen molar-refractivity contribution in [3.8, 4) is 0 Å². The monoisotopic (exact) mass is 197 g/mol. The molecular formula is C10H9F2NO. The topological polar surface area (TPSA) is 25.2 Å². The summed E-state index contributed by atoms with van der Waals surface area (Å²) >= 11 is 0. The summed E-state index contributed by atoms with van der Waals surface area (Å²) < 4.78 is 25.8. The maximum Gasteiger partial charge on any atom is 0.319 e. The normalized spacial score (nSPS) is 11.4. The van der Waals surface area contributed by atoms with Crippen molar-refractivity contribution in [2.24, 2.45) is 0 Å². The maximum atomic E-state index is 12.5. The number of aliphatic hydroxyl groups excluding tert-OH is 1. The number of aromatic nitrogens is 1. The van der Waals surface area contributed by atoms with Crippen LogP contribution in [-0.4, -0.2) is 9.67 Å². The predicted octanol–water partition coefficient (Wildman–Crippen LogP) is 2.53. The van der Waals surface area contributed by atoms with E-state index in [0.717, 1.165) is 9.95 Å². The Labute approximate surface area is 79.4 Å². The Morgan fingerprint density at radius 3 is 2.71 bits per heavy atom. The molecule has 0 atom stereocenters. The molecule has 1 aromatic heterocycles. The highest BCUT2D eigenvalue weighted by atomic mass is 19.3. The average molecular weight is 197 g/mol. The third kappa shape index (κ3) is 1.37. The number of nitrogens with zero attached hydrogens (tertiary/aromatic N) is 1. The van der Waals surface area contributed by atoms with Crippen LogP contribution in [0.15, 0.2) is 30.5 Å². The Morgan fingerprint density at radius 2 is 2.07 bits per heavy atom. The Bertz CT molecular complexity index is 450. The maximum absolute atomic E-state index is 12.5. The molecular weight excluding hydrogens is 188 g/mol. The molecule has 2 nitrogen and oxygen atoms in total. The van der Waals surface area contributed by atoms with Gasteiger partial charge < -0.3 is 5.11 Å². The van der Waals surface area contributed by atoms with E-state index in [9.17, 15) is 8.78 Å². The summed E-state index contributed by atoms with van der Waals surface area (Å²) in [5, 5.41) is 9.62. The number of fused-ring (bicyclic) bond motifs is 1. The van der Waals surface area contributed by atoms with E-state index in [1.807, 2.05) is 0 Å². The zero-order valence-corrected chi connectivity index (χ0v) is 7.32. The molecule has 2 aromatic rings. The summed E-state index contributed by atoms with van der Waals surface area (Å²) in [6.45, 7) is -2.67. The van der Waals surface area contributed by atoms with E-state index >= 15 is 0 Å². The first-order valence-electron chi connectivity index (χ1n) is 4.21. The lowest BCUT2D eigenvalue weighted by Gasteiger charge is -2.03. The van der Waals surface area contributed by atoms with Crippen LogP contribution in [0.25, 0.3) is 10.9 Å². The van der Waals surface area contributed by atoms with E-state index < -0.39 is 6.55 Å². The SMILES string of the molecule is OCc1ccc2ccn(C(F)F)c2c1. The lowest BCUT2D eigenvalue weighted by molar-refractivity contribution is 0.0752. The smallest absolute Gasteiger partial charge is 0.319 e. The minimum atomic E-state index is -2.54. The van der Waals surface area contributed by atoms with Crippen molar-refractivity contribution in [2.45, 2.75) is 13.2 Å². The molecule has 0 unspecified atom stereocenters. The Kier molecular flexibility index (Phi) is 2.21. The minimum Gasteiger partial charge on any atom is -0.392 e. The van der Waals surface area contributed by atoms with Gasteiger partial charge in [0, 0.05) is 6.20 Å². The number of halogens is 2. The summed E-state index contributed by atoms with van der Waals surface area (Å²) in [5.41, 5.74) is 1.09. The second-order valence-corrected chi connectivity index (χ2v) is 3.05. The molecule has 0 aliphatic rings. The Hall–Kier alpha value is -1.42. The van der Waals surface area contributed by atoms with E-state index in [1.54, 1.807) is 24.3 Å². The lowest BCUT2D eigenvalue weighted by atomic mass is 10.2. The highest BCUT2D eigenvalue weighted by Gasteiger charge is 2.09. The van der Waals surface area contributed by atoms with Crippen LogP contribution >= 0.6 is 0 Å². The molecule has 0 spiro atoms. The van der Waals surface area contributed by atoms with Crippen LogP contribution in [0.2, 0.25) is 0 Å². The van der Waals surface area contributed by atoms with Gasteiger partial charge in [-0.2, -0.15) is 8.78 Å². The van der Waals surface area contributed by atoms with E-state index in [-0.39, 0.29) is 6.61 Å². The number of hydrogen-bond acceptors (Lipinski definition) is 1. The fourth-order valence-corrected chi connectivity index (χ4v) is 1.46. The van der Waals surface area contributed by atoms with Crippen LogP contribution in [-0.2, 0) is 6.61 Å². The first kappa shape index (κ1) is 9.15. The van der Waals surface area contributed by atoms with Gasteiger partial charge in [0.2, 0.25) is 0 Å². The fraction of sp³-hybridized carbons (Fsp3) is 0.200. The Morgan fingerprint density at radius 1 is 1.29 bits per heavy atom. The standard InChI is InChI=1S/C10H9F2NO/c11-10(12)13-4-3-8-2-1-7(6-14)5-9(8)13/h1-5,10,14H,6H2. The van der Waals surface area contributed by atoms with Gasteiger partial charge in [0.1, 0.15) is 0 Å². The van der Waals surface area contributed by atoms with Crippen LogP contribution in [0, 0.1) is 0 Å². The molecule has 0 bridgehead atoms. The summed E-state index contributed by atoms with van der Waals surface area (Å²) in [6.07, 6.45) is 1.34. The molecule has 1 heterocycles. The molecule has 14 heavy (non-hydrogen) atoms. The van der Waals surface area contributed by atoms with E-state index in [1.165, 1.54) is 6.20 Å². The first-order chi connectivity index (χ1) is 6.72. The van der Waals surface area contributed by atoms with Gasteiger partial charge in [-0.3, -0.25) is 4.57 Å². The van der Waals surface area contributed by atoms with Crippen molar-refractivity contribution in [3.05, 3.63) is 36.0 Å². The quantitative estimate of drug-likeness (QED) is 0.786.